The second-order valence-electron chi connectivity index (χ2n) is 5.76. The van der Waals surface area contributed by atoms with E-state index in [-0.39, 0.29) is 10.8 Å². The Kier molecular flexibility index (Phi) is 5.00. The van der Waals surface area contributed by atoms with Crippen molar-refractivity contribution >= 4 is 33.0 Å². The Bertz CT molecular complexity index is 802. The van der Waals surface area contributed by atoms with E-state index in [4.69, 9.17) is 5.14 Å². The third kappa shape index (κ3) is 4.02. The summed E-state index contributed by atoms with van der Waals surface area (Å²) in [4.78, 5) is 15.8. The van der Waals surface area contributed by atoms with E-state index in [1.165, 1.54) is 17.0 Å². The molecule has 1 aliphatic heterocycles. The van der Waals surface area contributed by atoms with Gasteiger partial charge in [0.05, 0.1) is 11.4 Å². The predicted octanol–water partition coefficient (Wildman–Crippen LogP) is 2.17. The van der Waals surface area contributed by atoms with Crippen molar-refractivity contribution in [2.24, 2.45) is 5.14 Å². The van der Waals surface area contributed by atoms with Crippen LogP contribution in [0.1, 0.15) is 23.8 Å². The summed E-state index contributed by atoms with van der Waals surface area (Å²) in [5.74, 6) is -0.109. The van der Waals surface area contributed by atoms with Crippen LogP contribution in [0, 0.1) is 0 Å². The predicted molar refractivity (Wildman–Crippen MR) is 94.3 cm³/mol. The summed E-state index contributed by atoms with van der Waals surface area (Å²) in [6.45, 7) is 1.22. The monoisotopic (exact) mass is 365 g/mol. The minimum absolute atomic E-state index is 0.0257. The fourth-order valence-corrected chi connectivity index (χ4v) is 4.34. The zero-order valence-electron chi connectivity index (χ0n) is 13.0. The van der Waals surface area contributed by atoms with Gasteiger partial charge in [-0.3, -0.25) is 9.69 Å². The maximum Gasteiger partial charge on any atom is 0.238 e. The lowest BCUT2D eigenvalue weighted by Gasteiger charge is -2.22. The molecule has 3 rings (SSSR count). The molecule has 24 heavy (non-hydrogen) atoms. The van der Waals surface area contributed by atoms with Crippen LogP contribution in [-0.2, 0) is 14.8 Å². The Hall–Kier alpha value is -1.74. The van der Waals surface area contributed by atoms with Gasteiger partial charge in [0, 0.05) is 16.6 Å². The minimum Gasteiger partial charge on any atom is -0.325 e. The average Bonchev–Trinajstić information content (AvgIpc) is 3.17. The number of rotatable bonds is 5. The molecule has 0 saturated carbocycles. The number of benzene rings is 1. The van der Waals surface area contributed by atoms with Crippen LogP contribution in [0.2, 0.25) is 0 Å². The number of amides is 1. The lowest BCUT2D eigenvalue weighted by Crippen LogP contribution is -2.32. The first kappa shape index (κ1) is 17.1. The second-order valence-corrected chi connectivity index (χ2v) is 8.30. The Labute approximate surface area is 145 Å². The number of carbonyl (C=O) groups excluding carboxylic acids is 1. The van der Waals surface area contributed by atoms with Crippen molar-refractivity contribution in [3.05, 3.63) is 46.7 Å². The molecule has 1 fully saturated rings. The highest BCUT2D eigenvalue weighted by molar-refractivity contribution is 7.89. The lowest BCUT2D eigenvalue weighted by molar-refractivity contribution is -0.117. The average molecular weight is 365 g/mol. The molecular formula is C16H19N3O3S2. The number of primary sulfonamides is 1. The van der Waals surface area contributed by atoms with Crippen molar-refractivity contribution < 1.29 is 13.2 Å². The second kappa shape index (κ2) is 7.02. The van der Waals surface area contributed by atoms with Crippen LogP contribution in [0.5, 0.6) is 0 Å². The number of nitrogens with zero attached hydrogens (tertiary/aromatic N) is 1. The zero-order valence-corrected chi connectivity index (χ0v) is 14.6. The maximum atomic E-state index is 12.3. The van der Waals surface area contributed by atoms with Crippen molar-refractivity contribution in [1.82, 2.24) is 4.90 Å². The van der Waals surface area contributed by atoms with E-state index in [0.717, 1.165) is 19.4 Å². The highest BCUT2D eigenvalue weighted by Crippen LogP contribution is 2.34. The lowest BCUT2D eigenvalue weighted by atomic mass is 10.2. The van der Waals surface area contributed by atoms with E-state index < -0.39 is 10.0 Å². The smallest absolute Gasteiger partial charge is 0.238 e. The van der Waals surface area contributed by atoms with Crippen LogP contribution < -0.4 is 10.5 Å². The van der Waals surface area contributed by atoms with Crippen LogP contribution >= 0.6 is 11.3 Å². The molecule has 128 valence electrons. The number of carbonyl (C=O) groups is 1. The van der Waals surface area contributed by atoms with Gasteiger partial charge in [-0.05, 0) is 55.1 Å². The highest BCUT2D eigenvalue weighted by atomic mass is 32.2. The molecule has 0 aliphatic carbocycles. The van der Waals surface area contributed by atoms with E-state index in [1.807, 2.05) is 6.07 Å². The normalized spacial score (nSPS) is 18.6. The third-order valence-corrected chi connectivity index (χ3v) is 5.95. The summed E-state index contributed by atoms with van der Waals surface area (Å²) in [6, 6.07) is 10.3. The molecule has 1 atom stereocenters. The molecule has 1 saturated heterocycles. The Morgan fingerprint density at radius 3 is 2.67 bits per heavy atom. The number of nitrogens with two attached hydrogens (primary N) is 1. The number of nitrogens with one attached hydrogen (secondary N) is 1. The SMILES string of the molecule is NS(=O)(=O)c1ccc(NC(=O)CN2CCC[C@@H]2c2cccs2)cc1. The molecule has 0 unspecified atom stereocenters. The standard InChI is InChI=1S/C16H19N3O3S2/c17-24(21,22)13-7-5-12(6-8-13)18-16(20)11-19-9-1-3-14(19)15-4-2-10-23-15/h2,4-8,10,14H,1,3,9,11H2,(H,18,20)(H2,17,21,22)/t14-/m1/s1. The van der Waals surface area contributed by atoms with E-state index in [1.54, 1.807) is 23.5 Å². The Morgan fingerprint density at radius 2 is 2.04 bits per heavy atom. The number of hydrogen-bond acceptors (Lipinski definition) is 5. The first-order chi connectivity index (χ1) is 11.4. The van der Waals surface area contributed by atoms with E-state index in [0.29, 0.717) is 18.3 Å². The van der Waals surface area contributed by atoms with Gasteiger partial charge in [0.15, 0.2) is 0 Å². The Morgan fingerprint density at radius 1 is 1.29 bits per heavy atom. The van der Waals surface area contributed by atoms with Crippen LogP contribution in [0.3, 0.4) is 0 Å². The number of hydrogen-bond donors (Lipinski definition) is 2. The van der Waals surface area contributed by atoms with E-state index >= 15 is 0 Å². The summed E-state index contributed by atoms with van der Waals surface area (Å²) < 4.78 is 22.5. The molecule has 0 bridgehead atoms. The van der Waals surface area contributed by atoms with Gasteiger partial charge in [0.25, 0.3) is 0 Å². The fourth-order valence-electron chi connectivity index (χ4n) is 2.93. The van der Waals surface area contributed by atoms with Gasteiger partial charge in [-0.25, -0.2) is 13.6 Å². The van der Waals surface area contributed by atoms with Crippen LogP contribution in [0.15, 0.2) is 46.7 Å². The van der Waals surface area contributed by atoms with Gasteiger partial charge >= 0.3 is 0 Å². The molecule has 3 N–H and O–H groups in total. The van der Waals surface area contributed by atoms with Crippen molar-refractivity contribution in [2.75, 3.05) is 18.4 Å². The number of anilines is 1. The topological polar surface area (TPSA) is 92.5 Å². The van der Waals surface area contributed by atoms with Crippen LogP contribution in [0.25, 0.3) is 0 Å². The largest absolute Gasteiger partial charge is 0.325 e. The molecular weight excluding hydrogens is 346 g/mol. The van der Waals surface area contributed by atoms with Crippen molar-refractivity contribution in [3.8, 4) is 0 Å². The first-order valence-electron chi connectivity index (χ1n) is 7.63. The summed E-state index contributed by atoms with van der Waals surface area (Å²) in [5.41, 5.74) is 0.555. The summed E-state index contributed by atoms with van der Waals surface area (Å²) >= 11 is 1.72. The van der Waals surface area contributed by atoms with Gasteiger partial charge in [-0.2, -0.15) is 0 Å². The molecule has 1 aromatic heterocycles. The first-order valence-corrected chi connectivity index (χ1v) is 10.1. The molecule has 1 aromatic carbocycles. The van der Waals surface area contributed by atoms with Gasteiger partial charge < -0.3 is 5.32 Å². The fraction of sp³-hybridized carbons (Fsp3) is 0.312. The summed E-state index contributed by atoms with van der Waals surface area (Å²) in [6.07, 6.45) is 2.15. The van der Waals surface area contributed by atoms with Gasteiger partial charge in [0.2, 0.25) is 15.9 Å². The van der Waals surface area contributed by atoms with Crippen molar-refractivity contribution in [1.29, 1.82) is 0 Å². The molecule has 1 aliphatic rings. The number of sulfonamides is 1. The quantitative estimate of drug-likeness (QED) is 0.849. The third-order valence-electron chi connectivity index (χ3n) is 4.05. The molecule has 0 radical (unpaired) electrons. The highest BCUT2D eigenvalue weighted by Gasteiger charge is 2.28. The maximum absolute atomic E-state index is 12.3. The van der Waals surface area contributed by atoms with Gasteiger partial charge in [0.1, 0.15) is 0 Å². The molecule has 0 spiro atoms. The zero-order chi connectivity index (χ0) is 17.2. The Balaban J connectivity index is 1.61. The molecule has 1 amide bonds. The number of thiophene rings is 1. The molecule has 2 aromatic rings. The van der Waals surface area contributed by atoms with Crippen molar-refractivity contribution in [3.63, 3.8) is 0 Å². The minimum atomic E-state index is -3.72. The summed E-state index contributed by atoms with van der Waals surface area (Å²) in [5, 5.41) is 9.91. The van der Waals surface area contributed by atoms with Crippen LogP contribution in [0.4, 0.5) is 5.69 Å². The molecule has 8 heteroatoms. The molecule has 2 heterocycles. The molecule has 6 nitrogen and oxygen atoms in total. The van der Waals surface area contributed by atoms with Gasteiger partial charge in [-0.1, -0.05) is 6.07 Å². The summed E-state index contributed by atoms with van der Waals surface area (Å²) in [7, 11) is -3.72. The van der Waals surface area contributed by atoms with E-state index in [2.05, 4.69) is 21.7 Å². The number of likely N-dealkylation sites (tertiary alicyclic amines) is 1. The van der Waals surface area contributed by atoms with Crippen molar-refractivity contribution in [2.45, 2.75) is 23.8 Å². The van der Waals surface area contributed by atoms with Crippen LogP contribution in [-0.4, -0.2) is 32.3 Å². The van der Waals surface area contributed by atoms with Gasteiger partial charge in [-0.15, -0.1) is 11.3 Å². The van der Waals surface area contributed by atoms with E-state index in [9.17, 15) is 13.2 Å².